The molecule has 0 aliphatic rings. The van der Waals surface area contributed by atoms with Crippen molar-refractivity contribution in [3.05, 3.63) is 29.8 Å². The summed E-state index contributed by atoms with van der Waals surface area (Å²) < 4.78 is 4.64. The van der Waals surface area contributed by atoms with Crippen LogP contribution < -0.4 is 5.59 Å². The number of aromatic nitrogens is 1. The number of hydrogen-bond acceptors (Lipinski definition) is 4. The van der Waals surface area contributed by atoms with Crippen molar-refractivity contribution in [3.8, 4) is 0 Å². The number of carbonyl (C=O) groups is 1. The number of benzene rings is 1. The van der Waals surface area contributed by atoms with E-state index in [9.17, 15) is 4.79 Å². The minimum atomic E-state index is -1.59. The lowest BCUT2D eigenvalue weighted by Crippen LogP contribution is -2.30. The van der Waals surface area contributed by atoms with Crippen LogP contribution in [0.3, 0.4) is 0 Å². The number of hydrogen-bond donors (Lipinski definition) is 3. The largest absolute Gasteiger partial charge is 0.505 e. The number of methoxy groups -OCH3 is 1. The summed E-state index contributed by atoms with van der Waals surface area (Å²) in [6.45, 7) is 0. The van der Waals surface area contributed by atoms with Gasteiger partial charge in [-0.15, -0.1) is 0 Å². The van der Waals surface area contributed by atoms with Crippen molar-refractivity contribution in [2.45, 2.75) is 0 Å². The number of rotatable bonds is 2. The van der Waals surface area contributed by atoms with Crippen molar-refractivity contribution in [3.63, 3.8) is 0 Å². The predicted molar refractivity (Wildman–Crippen MR) is 59.5 cm³/mol. The highest BCUT2D eigenvalue weighted by Crippen LogP contribution is 2.17. The maximum atomic E-state index is 11.4. The van der Waals surface area contributed by atoms with E-state index in [0.717, 1.165) is 0 Å². The normalized spacial score (nSPS) is 10.4. The van der Waals surface area contributed by atoms with Gasteiger partial charge in [-0.25, -0.2) is 4.79 Å². The first-order valence-electron chi connectivity index (χ1n) is 4.69. The summed E-state index contributed by atoms with van der Waals surface area (Å²) in [5, 5.41) is 18.6. The highest BCUT2D eigenvalue weighted by molar-refractivity contribution is 6.58. The van der Waals surface area contributed by atoms with E-state index < -0.39 is 13.1 Å². The Bertz CT molecular complexity index is 535. The van der Waals surface area contributed by atoms with E-state index in [-0.39, 0.29) is 5.59 Å². The fraction of sp³-hybridized carbons (Fsp3) is 0.100. The first-order valence-corrected chi connectivity index (χ1v) is 4.69. The van der Waals surface area contributed by atoms with Crippen LogP contribution in [0, 0.1) is 0 Å². The Labute approximate surface area is 91.8 Å². The Balaban J connectivity index is 2.63. The molecule has 0 bridgehead atoms. The highest BCUT2D eigenvalue weighted by Gasteiger charge is 2.17. The second-order valence-electron chi connectivity index (χ2n) is 3.36. The summed E-state index contributed by atoms with van der Waals surface area (Å²) in [5.74, 6) is -0.455. The molecule has 82 valence electrons. The Kier molecular flexibility index (Phi) is 2.68. The van der Waals surface area contributed by atoms with Crippen molar-refractivity contribution in [1.29, 1.82) is 0 Å². The van der Waals surface area contributed by atoms with Gasteiger partial charge in [-0.05, 0) is 18.2 Å². The molecule has 0 aliphatic heterocycles. The van der Waals surface area contributed by atoms with Crippen molar-refractivity contribution in [2.24, 2.45) is 0 Å². The predicted octanol–water partition coefficient (Wildman–Crippen LogP) is -0.366. The summed E-state index contributed by atoms with van der Waals surface area (Å²) in [6, 6.07) is 6.58. The number of fused-ring (bicyclic) bond motifs is 1. The van der Waals surface area contributed by atoms with Crippen LogP contribution >= 0.6 is 0 Å². The van der Waals surface area contributed by atoms with Crippen LogP contribution in [-0.2, 0) is 4.74 Å². The topological polar surface area (TPSA) is 82.6 Å². The monoisotopic (exact) mass is 219 g/mol. The van der Waals surface area contributed by atoms with Crippen LogP contribution in [0.25, 0.3) is 10.9 Å². The summed E-state index contributed by atoms with van der Waals surface area (Å²) in [7, 11) is -0.284. The molecular weight excluding hydrogens is 209 g/mol. The molecule has 1 aromatic carbocycles. The molecule has 16 heavy (non-hydrogen) atoms. The third-order valence-electron chi connectivity index (χ3n) is 2.37. The zero-order valence-electron chi connectivity index (χ0n) is 8.60. The van der Waals surface area contributed by atoms with Crippen LogP contribution in [0.2, 0.25) is 0 Å². The summed E-state index contributed by atoms with van der Waals surface area (Å²) in [5.41, 5.74) is 1.29. The van der Waals surface area contributed by atoms with E-state index in [1.165, 1.54) is 13.2 Å². The van der Waals surface area contributed by atoms with Gasteiger partial charge in [0.15, 0.2) is 0 Å². The lowest BCUT2D eigenvalue weighted by atomic mass is 9.86. The molecule has 2 rings (SSSR count). The zero-order chi connectivity index (χ0) is 11.7. The number of carbonyl (C=O) groups excluding carboxylic acids is 1. The SMILES string of the molecule is COC(=O)c1cccc2[nH]c(B(O)O)cc12. The molecule has 0 saturated carbocycles. The molecule has 0 amide bonds. The Hall–Kier alpha value is -1.79. The molecule has 0 unspecified atom stereocenters. The van der Waals surface area contributed by atoms with Gasteiger partial charge >= 0.3 is 13.1 Å². The number of H-pyrrole nitrogens is 1. The minimum absolute atomic E-state index is 0.242. The third kappa shape index (κ3) is 1.68. The van der Waals surface area contributed by atoms with E-state index >= 15 is 0 Å². The molecule has 0 fully saturated rings. The second kappa shape index (κ2) is 4.00. The quantitative estimate of drug-likeness (QED) is 0.475. The highest BCUT2D eigenvalue weighted by atomic mass is 16.5. The molecule has 1 heterocycles. The smallest absolute Gasteiger partial charge is 0.465 e. The maximum Gasteiger partial charge on any atom is 0.505 e. The average molecular weight is 219 g/mol. The average Bonchev–Trinajstić information content (AvgIpc) is 2.71. The second-order valence-corrected chi connectivity index (χ2v) is 3.36. The van der Waals surface area contributed by atoms with E-state index in [1.807, 2.05) is 0 Å². The molecule has 2 aromatic rings. The molecule has 6 heteroatoms. The fourth-order valence-corrected chi connectivity index (χ4v) is 1.60. The van der Waals surface area contributed by atoms with Gasteiger partial charge < -0.3 is 19.8 Å². The number of nitrogens with one attached hydrogen (secondary N) is 1. The van der Waals surface area contributed by atoms with Crippen LogP contribution in [0.4, 0.5) is 0 Å². The van der Waals surface area contributed by atoms with Crippen LogP contribution in [0.5, 0.6) is 0 Å². The van der Waals surface area contributed by atoms with Gasteiger partial charge in [0.1, 0.15) is 0 Å². The molecule has 3 N–H and O–H groups in total. The molecule has 0 radical (unpaired) electrons. The van der Waals surface area contributed by atoms with Crippen molar-refractivity contribution in [2.75, 3.05) is 7.11 Å². The summed E-state index contributed by atoms with van der Waals surface area (Å²) >= 11 is 0. The summed E-state index contributed by atoms with van der Waals surface area (Å²) in [6.07, 6.45) is 0. The third-order valence-corrected chi connectivity index (χ3v) is 2.37. The molecule has 0 atom stereocenters. The van der Waals surface area contributed by atoms with E-state index in [1.54, 1.807) is 18.2 Å². The maximum absolute atomic E-state index is 11.4. The van der Waals surface area contributed by atoms with E-state index in [0.29, 0.717) is 16.5 Å². The van der Waals surface area contributed by atoms with Crippen LogP contribution in [0.15, 0.2) is 24.3 Å². The number of ether oxygens (including phenoxy) is 1. The van der Waals surface area contributed by atoms with Gasteiger partial charge in [0.2, 0.25) is 0 Å². The van der Waals surface area contributed by atoms with Crippen molar-refractivity contribution >= 4 is 29.6 Å². The molecule has 1 aromatic heterocycles. The summed E-state index contributed by atoms with van der Waals surface area (Å²) in [4.78, 5) is 14.3. The molecule has 0 aliphatic carbocycles. The molecule has 0 saturated heterocycles. The van der Waals surface area contributed by atoms with Gasteiger partial charge in [-0.1, -0.05) is 6.07 Å². The lowest BCUT2D eigenvalue weighted by Gasteiger charge is -1.99. The Morgan fingerprint density at radius 1 is 1.44 bits per heavy atom. The molecular formula is C10H10BNO4. The molecule has 5 nitrogen and oxygen atoms in total. The standard InChI is InChI=1S/C10H10BNO4/c1-16-10(13)6-3-2-4-8-7(6)5-9(12-8)11(14)15/h2-5,12,14-15H,1H3. The first kappa shape index (κ1) is 10.7. The van der Waals surface area contributed by atoms with Gasteiger partial charge in [0.05, 0.1) is 12.7 Å². The van der Waals surface area contributed by atoms with E-state index in [4.69, 9.17) is 10.0 Å². The zero-order valence-corrected chi connectivity index (χ0v) is 8.60. The lowest BCUT2D eigenvalue weighted by molar-refractivity contribution is 0.0603. The number of esters is 1. The van der Waals surface area contributed by atoms with Crippen molar-refractivity contribution < 1.29 is 19.6 Å². The van der Waals surface area contributed by atoms with E-state index in [2.05, 4.69) is 9.72 Å². The van der Waals surface area contributed by atoms with Gasteiger partial charge in [-0.3, -0.25) is 0 Å². The number of aromatic amines is 1. The minimum Gasteiger partial charge on any atom is -0.465 e. The van der Waals surface area contributed by atoms with Crippen molar-refractivity contribution in [1.82, 2.24) is 4.98 Å². The fourth-order valence-electron chi connectivity index (χ4n) is 1.60. The van der Waals surface area contributed by atoms with Gasteiger partial charge in [-0.2, -0.15) is 0 Å². The van der Waals surface area contributed by atoms with Crippen LogP contribution in [0.1, 0.15) is 10.4 Å². The Morgan fingerprint density at radius 2 is 2.19 bits per heavy atom. The van der Waals surface area contributed by atoms with Crippen LogP contribution in [-0.4, -0.2) is 35.2 Å². The van der Waals surface area contributed by atoms with Gasteiger partial charge in [0.25, 0.3) is 0 Å². The Morgan fingerprint density at radius 3 is 2.81 bits per heavy atom. The van der Waals surface area contributed by atoms with Gasteiger partial charge in [0, 0.05) is 16.5 Å². The molecule has 0 spiro atoms. The first-order chi connectivity index (χ1) is 7.63.